The average Bonchev–Trinajstić information content (AvgIpc) is 2.30. The second kappa shape index (κ2) is 5.30. The quantitative estimate of drug-likeness (QED) is 0.489. The number of nitrogens with two attached hydrogens (primary N) is 1. The van der Waals surface area contributed by atoms with Gasteiger partial charge in [-0.15, -0.1) is 4.99 Å². The summed E-state index contributed by atoms with van der Waals surface area (Å²) in [5.41, 5.74) is 5.58. The van der Waals surface area contributed by atoms with E-state index in [2.05, 4.69) is 16.9 Å². The van der Waals surface area contributed by atoms with E-state index in [1.165, 1.54) is 0 Å². The smallest absolute Gasteiger partial charge is 0.213 e. The predicted molar refractivity (Wildman–Crippen MR) is 68.3 cm³/mol. The minimum atomic E-state index is -0.251. The number of hydrogen-bond donors (Lipinski definition) is 1. The van der Waals surface area contributed by atoms with E-state index in [0.29, 0.717) is 5.82 Å². The molecular formula is C12H17N5. The Morgan fingerprint density at radius 3 is 2.76 bits per heavy atom. The molecule has 0 spiro atoms. The van der Waals surface area contributed by atoms with E-state index in [4.69, 9.17) is 11.0 Å². The van der Waals surface area contributed by atoms with Gasteiger partial charge in [0.05, 0.1) is 0 Å². The molecule has 1 rings (SSSR count). The molecule has 0 fully saturated rings. The fraction of sp³-hybridized carbons (Fsp3) is 0.417. The van der Waals surface area contributed by atoms with Gasteiger partial charge >= 0.3 is 0 Å². The molecule has 1 aromatic heterocycles. The highest BCUT2D eigenvalue weighted by molar-refractivity contribution is 5.95. The third kappa shape index (κ3) is 2.94. The molecule has 0 amide bonds. The van der Waals surface area contributed by atoms with Gasteiger partial charge in [-0.2, -0.15) is 5.26 Å². The van der Waals surface area contributed by atoms with Crippen molar-refractivity contribution >= 4 is 11.8 Å². The second-order valence-corrected chi connectivity index (χ2v) is 4.26. The Hall–Kier alpha value is -2.09. The van der Waals surface area contributed by atoms with Crippen molar-refractivity contribution in [3.05, 3.63) is 24.4 Å². The van der Waals surface area contributed by atoms with Crippen molar-refractivity contribution in [2.45, 2.75) is 32.7 Å². The molecule has 0 aliphatic carbocycles. The summed E-state index contributed by atoms with van der Waals surface area (Å²) in [7, 11) is 0. The van der Waals surface area contributed by atoms with Crippen LogP contribution in [0.1, 0.15) is 27.2 Å². The topological polar surface area (TPSA) is 78.3 Å². The zero-order valence-electron chi connectivity index (χ0n) is 10.4. The summed E-state index contributed by atoms with van der Waals surface area (Å²) in [5.74, 6) is 0.855. The number of nitrogens with zero attached hydrogens (tertiary/aromatic N) is 4. The van der Waals surface area contributed by atoms with Crippen LogP contribution in [0.5, 0.6) is 0 Å². The maximum absolute atomic E-state index is 8.61. The van der Waals surface area contributed by atoms with Crippen LogP contribution in [0.2, 0.25) is 0 Å². The highest BCUT2D eigenvalue weighted by Crippen LogP contribution is 2.24. The minimum absolute atomic E-state index is 0.165. The van der Waals surface area contributed by atoms with Gasteiger partial charge < -0.3 is 5.73 Å². The molecule has 0 saturated heterocycles. The predicted octanol–water partition coefficient (Wildman–Crippen LogP) is 1.87. The third-order valence-corrected chi connectivity index (χ3v) is 2.74. The van der Waals surface area contributed by atoms with Crippen molar-refractivity contribution in [3.63, 3.8) is 0 Å². The summed E-state index contributed by atoms with van der Waals surface area (Å²) in [6.45, 7) is 6.11. The van der Waals surface area contributed by atoms with Gasteiger partial charge in [-0.1, -0.05) is 13.0 Å². The first-order valence-corrected chi connectivity index (χ1v) is 5.46. The Morgan fingerprint density at radius 2 is 2.29 bits per heavy atom. The molecule has 1 heterocycles. The molecule has 2 N–H and O–H groups in total. The van der Waals surface area contributed by atoms with Gasteiger partial charge in [0.1, 0.15) is 5.82 Å². The lowest BCUT2D eigenvalue weighted by Crippen LogP contribution is -2.51. The SMILES string of the molecule is CCC(C)(C)N(C(N)=NC#N)c1ccccn1. The van der Waals surface area contributed by atoms with Gasteiger partial charge in [0.15, 0.2) is 0 Å². The van der Waals surface area contributed by atoms with E-state index < -0.39 is 0 Å². The highest BCUT2D eigenvalue weighted by atomic mass is 15.3. The van der Waals surface area contributed by atoms with Crippen molar-refractivity contribution in [1.82, 2.24) is 4.98 Å². The van der Waals surface area contributed by atoms with Gasteiger partial charge in [-0.05, 0) is 32.4 Å². The summed E-state index contributed by atoms with van der Waals surface area (Å²) >= 11 is 0. The molecule has 90 valence electrons. The van der Waals surface area contributed by atoms with Crippen LogP contribution in [-0.2, 0) is 0 Å². The Bertz CT molecular complexity index is 430. The van der Waals surface area contributed by atoms with Crippen LogP contribution in [0, 0.1) is 11.5 Å². The Labute approximate surface area is 102 Å². The van der Waals surface area contributed by atoms with E-state index in [9.17, 15) is 0 Å². The molecule has 0 saturated carbocycles. The molecule has 0 aliphatic heterocycles. The molecule has 0 radical (unpaired) electrons. The molecule has 0 atom stereocenters. The second-order valence-electron chi connectivity index (χ2n) is 4.26. The number of hydrogen-bond acceptors (Lipinski definition) is 3. The van der Waals surface area contributed by atoms with Gasteiger partial charge in [0, 0.05) is 11.7 Å². The van der Waals surface area contributed by atoms with E-state index >= 15 is 0 Å². The van der Waals surface area contributed by atoms with E-state index in [1.807, 2.05) is 32.0 Å². The number of pyridine rings is 1. The van der Waals surface area contributed by atoms with E-state index in [-0.39, 0.29) is 11.5 Å². The Morgan fingerprint density at radius 1 is 1.59 bits per heavy atom. The van der Waals surface area contributed by atoms with Crippen molar-refractivity contribution in [2.75, 3.05) is 4.90 Å². The molecule has 0 aliphatic rings. The third-order valence-electron chi connectivity index (χ3n) is 2.74. The van der Waals surface area contributed by atoms with Gasteiger partial charge in [-0.25, -0.2) is 4.98 Å². The van der Waals surface area contributed by atoms with Crippen LogP contribution in [0.4, 0.5) is 5.82 Å². The van der Waals surface area contributed by atoms with Crippen molar-refractivity contribution in [3.8, 4) is 6.19 Å². The lowest BCUT2D eigenvalue weighted by molar-refractivity contribution is 0.492. The molecule has 5 heteroatoms. The number of aromatic nitrogens is 1. The minimum Gasteiger partial charge on any atom is -0.369 e. The van der Waals surface area contributed by atoms with Gasteiger partial charge in [-0.3, -0.25) is 4.90 Å². The van der Waals surface area contributed by atoms with Crippen LogP contribution >= 0.6 is 0 Å². The number of anilines is 1. The number of nitriles is 1. The molecule has 0 bridgehead atoms. The summed E-state index contributed by atoms with van der Waals surface area (Å²) < 4.78 is 0. The lowest BCUT2D eigenvalue weighted by atomic mass is 9.99. The fourth-order valence-electron chi connectivity index (χ4n) is 1.48. The molecule has 17 heavy (non-hydrogen) atoms. The van der Waals surface area contributed by atoms with Crippen molar-refractivity contribution in [1.29, 1.82) is 5.26 Å². The molecule has 5 nitrogen and oxygen atoms in total. The Kier molecular flexibility index (Phi) is 4.05. The summed E-state index contributed by atoms with van der Waals surface area (Å²) in [4.78, 5) is 9.63. The van der Waals surface area contributed by atoms with Crippen LogP contribution in [0.3, 0.4) is 0 Å². The summed E-state index contributed by atoms with van der Waals surface area (Å²) in [6.07, 6.45) is 4.25. The zero-order chi connectivity index (χ0) is 12.9. The first-order chi connectivity index (χ1) is 8.03. The fourth-order valence-corrected chi connectivity index (χ4v) is 1.48. The lowest BCUT2D eigenvalue weighted by Gasteiger charge is -2.37. The zero-order valence-corrected chi connectivity index (χ0v) is 10.4. The molecule has 0 unspecified atom stereocenters. The molecule has 0 aromatic carbocycles. The standard InChI is InChI=1S/C12H17N5/c1-4-12(2,3)17(11(14)16-9-13)10-7-5-6-8-15-10/h5-8H,4H2,1-3H3,(H2,14,16). The Balaban J connectivity index is 3.23. The first-order valence-electron chi connectivity index (χ1n) is 5.46. The van der Waals surface area contributed by atoms with Crippen LogP contribution in [0.25, 0.3) is 0 Å². The number of rotatable bonds is 3. The summed E-state index contributed by atoms with van der Waals surface area (Å²) in [5, 5.41) is 8.61. The van der Waals surface area contributed by atoms with E-state index in [0.717, 1.165) is 6.42 Å². The van der Waals surface area contributed by atoms with Crippen LogP contribution in [-0.4, -0.2) is 16.5 Å². The van der Waals surface area contributed by atoms with Crippen LogP contribution in [0.15, 0.2) is 29.4 Å². The molecule has 1 aromatic rings. The maximum Gasteiger partial charge on any atom is 0.213 e. The van der Waals surface area contributed by atoms with Gasteiger partial charge in [0.2, 0.25) is 12.2 Å². The summed E-state index contributed by atoms with van der Waals surface area (Å²) in [6, 6.07) is 5.55. The maximum atomic E-state index is 8.61. The number of aliphatic imine (C=N–C) groups is 1. The largest absolute Gasteiger partial charge is 0.369 e. The first kappa shape index (κ1) is 13.0. The average molecular weight is 231 g/mol. The van der Waals surface area contributed by atoms with Gasteiger partial charge in [0.25, 0.3) is 0 Å². The van der Waals surface area contributed by atoms with Crippen molar-refractivity contribution < 1.29 is 0 Å². The van der Waals surface area contributed by atoms with E-state index in [1.54, 1.807) is 17.3 Å². The highest BCUT2D eigenvalue weighted by Gasteiger charge is 2.28. The van der Waals surface area contributed by atoms with Crippen molar-refractivity contribution in [2.24, 2.45) is 10.7 Å². The van der Waals surface area contributed by atoms with Crippen LogP contribution < -0.4 is 10.6 Å². The molecular weight excluding hydrogens is 214 g/mol. The number of guanidine groups is 1. The normalized spacial score (nSPS) is 12.0. The monoisotopic (exact) mass is 231 g/mol.